The maximum Gasteiger partial charge on any atom is 0.242 e. The molecule has 0 spiro atoms. The summed E-state index contributed by atoms with van der Waals surface area (Å²) >= 11 is 0. The van der Waals surface area contributed by atoms with Crippen LogP contribution in [-0.2, 0) is 34.2 Å². The van der Waals surface area contributed by atoms with Crippen molar-refractivity contribution >= 4 is 65.2 Å². The first-order chi connectivity index (χ1) is 29.1. The number of para-hydroxylation sites is 4. The number of imidazole rings is 2. The smallest absolute Gasteiger partial charge is 0.242 e. The van der Waals surface area contributed by atoms with Crippen LogP contribution in [0.25, 0.3) is 87.9 Å². The van der Waals surface area contributed by atoms with E-state index in [4.69, 9.17) is 0 Å². The normalized spacial score (nSPS) is 11.0. The van der Waals surface area contributed by atoms with Gasteiger partial charge in [-0.3, -0.25) is 4.98 Å². The maximum atomic E-state index is 4.12. The first-order valence-corrected chi connectivity index (χ1v) is 19.4. The molecule has 0 amide bonds. The third-order valence-corrected chi connectivity index (χ3v) is 10.6. The van der Waals surface area contributed by atoms with Crippen LogP contribution in [0.2, 0.25) is 0 Å². The Morgan fingerprint density at radius 1 is 0.450 bits per heavy atom. The van der Waals surface area contributed by atoms with Crippen molar-refractivity contribution in [2.75, 3.05) is 0 Å². The largest absolute Gasteiger partial charge is 0.574 e. The fourth-order valence-electron chi connectivity index (χ4n) is 7.86. The second-order valence-electron chi connectivity index (χ2n) is 14.2. The summed E-state index contributed by atoms with van der Waals surface area (Å²) in [6, 6.07) is 65.4. The number of aryl methyl sites for hydroxylation is 2. The van der Waals surface area contributed by atoms with Crippen LogP contribution in [0.1, 0.15) is 0 Å². The summed E-state index contributed by atoms with van der Waals surface area (Å²) < 4.78 is 8.30. The van der Waals surface area contributed by atoms with E-state index in [2.05, 4.69) is 195 Å². The minimum atomic E-state index is 0. The number of pyridine rings is 1. The van der Waals surface area contributed by atoms with Gasteiger partial charge >= 0.3 is 0 Å². The predicted molar refractivity (Wildman–Crippen MR) is 235 cm³/mol. The van der Waals surface area contributed by atoms with Crippen molar-refractivity contribution in [3.8, 4) is 22.8 Å². The predicted octanol–water partition coefficient (Wildman–Crippen LogP) is 9.82. The number of hydrogen-bond donors (Lipinski definition) is 0. The Hall–Kier alpha value is -7.25. The minimum absolute atomic E-state index is 0. The number of benzene rings is 8. The zero-order chi connectivity index (χ0) is 39.7. The standard InChI is InChI=1S/2C22H15N2.C8H6N3.Ir/c2*1-23-15-24(21-13-7-6-12-20(21)23)22-14-16-8-2-3-9-17(16)18-10-4-5-11-19(18)22;1-2-5-9-7(3-1)8-4-6-10-11-8;/h2*2-13H,1H3;1-6H;/q3*-1;. The summed E-state index contributed by atoms with van der Waals surface area (Å²) in [6.45, 7) is 0. The van der Waals surface area contributed by atoms with E-state index in [-0.39, 0.29) is 20.1 Å². The summed E-state index contributed by atoms with van der Waals surface area (Å²) in [5, 5.41) is 17.2. The van der Waals surface area contributed by atoms with E-state index in [1.165, 1.54) is 32.3 Å². The first-order valence-electron chi connectivity index (χ1n) is 19.4. The molecule has 4 heterocycles. The Bertz CT molecular complexity index is 3230. The molecule has 0 bridgehead atoms. The van der Waals surface area contributed by atoms with E-state index in [1.807, 2.05) is 47.5 Å². The van der Waals surface area contributed by atoms with Gasteiger partial charge in [0.05, 0.1) is 36.2 Å². The number of rotatable bonds is 3. The van der Waals surface area contributed by atoms with Crippen LogP contribution in [0, 0.1) is 24.8 Å². The second-order valence-corrected chi connectivity index (χ2v) is 14.2. The summed E-state index contributed by atoms with van der Waals surface area (Å²) in [7, 11) is 4.06. The van der Waals surface area contributed by atoms with Gasteiger partial charge in [-0.2, -0.15) is 0 Å². The fourth-order valence-corrected chi connectivity index (χ4v) is 7.86. The van der Waals surface area contributed by atoms with Crippen LogP contribution in [0.5, 0.6) is 0 Å². The Kier molecular flexibility index (Phi) is 10.6. The zero-order valence-corrected chi connectivity index (χ0v) is 35.2. The third-order valence-electron chi connectivity index (χ3n) is 10.6. The van der Waals surface area contributed by atoms with Crippen molar-refractivity contribution in [1.82, 2.24) is 24.3 Å². The van der Waals surface area contributed by atoms with Gasteiger partial charge in [0.2, 0.25) is 12.7 Å². The van der Waals surface area contributed by atoms with Crippen LogP contribution >= 0.6 is 0 Å². The summed E-state index contributed by atoms with van der Waals surface area (Å²) in [4.78, 5) is 4.12. The van der Waals surface area contributed by atoms with Crippen molar-refractivity contribution in [2.24, 2.45) is 14.1 Å². The molecule has 8 aromatic carbocycles. The summed E-state index contributed by atoms with van der Waals surface area (Å²) in [5.74, 6) is 0. The van der Waals surface area contributed by atoms with E-state index in [9.17, 15) is 0 Å². The average molecular weight is 951 g/mol. The van der Waals surface area contributed by atoms with Crippen molar-refractivity contribution in [3.63, 3.8) is 0 Å². The van der Waals surface area contributed by atoms with Crippen molar-refractivity contribution < 1.29 is 29.2 Å². The molecule has 0 fully saturated rings. The van der Waals surface area contributed by atoms with E-state index < -0.39 is 0 Å². The molecule has 0 atom stereocenters. The van der Waals surface area contributed by atoms with Crippen molar-refractivity contribution in [2.45, 2.75) is 0 Å². The van der Waals surface area contributed by atoms with E-state index in [0.717, 1.165) is 55.6 Å². The number of hydrogen-bond acceptors (Lipinski definition) is 2. The molecule has 8 heteroatoms. The summed E-state index contributed by atoms with van der Waals surface area (Å²) in [5.41, 5.74) is 8.36. The number of aromatic nitrogens is 7. The molecule has 4 aromatic heterocycles. The average Bonchev–Trinajstić information content (AvgIpc) is 4.05. The molecule has 0 aliphatic rings. The molecule has 0 aliphatic heterocycles. The van der Waals surface area contributed by atoms with Crippen molar-refractivity contribution in [1.29, 1.82) is 0 Å². The molecule has 0 unspecified atom stereocenters. The molecule has 0 N–H and O–H groups in total. The molecule has 12 aromatic rings. The maximum absolute atomic E-state index is 4.12. The number of fused-ring (bicyclic) bond motifs is 8. The Morgan fingerprint density at radius 3 is 1.35 bits per heavy atom. The molecule has 7 nitrogen and oxygen atoms in total. The van der Waals surface area contributed by atoms with Gasteiger partial charge in [-0.05, 0) is 23.5 Å². The van der Waals surface area contributed by atoms with Crippen LogP contribution in [-0.4, -0.2) is 19.2 Å². The quantitative estimate of drug-likeness (QED) is 0.101. The van der Waals surface area contributed by atoms with E-state index in [1.54, 1.807) is 12.4 Å². The third kappa shape index (κ3) is 7.02. The molecule has 12 rings (SSSR count). The molecule has 291 valence electrons. The van der Waals surface area contributed by atoms with E-state index >= 15 is 0 Å². The monoisotopic (exact) mass is 951 g/mol. The van der Waals surface area contributed by atoms with Crippen LogP contribution in [0.15, 0.2) is 182 Å². The van der Waals surface area contributed by atoms with Crippen LogP contribution < -0.4 is 14.2 Å². The second kappa shape index (κ2) is 16.5. The molecule has 1 radical (unpaired) electrons. The minimum Gasteiger partial charge on any atom is -0.574 e. The fraction of sp³-hybridized carbons (Fsp3) is 0.0385. The molecule has 60 heavy (non-hydrogen) atoms. The molecular weight excluding hydrogens is 915 g/mol. The van der Waals surface area contributed by atoms with Gasteiger partial charge in [-0.25, -0.2) is 0 Å². The van der Waals surface area contributed by atoms with Gasteiger partial charge in [0.15, 0.2) is 0 Å². The van der Waals surface area contributed by atoms with Gasteiger partial charge in [0.1, 0.15) is 0 Å². The van der Waals surface area contributed by atoms with Gasteiger partial charge in [0.25, 0.3) is 0 Å². The first kappa shape index (κ1) is 38.3. The SMILES string of the molecule is C[n+]1[c-]n(-c2[c-]c3ccccc3c3ccccc23)c2ccccc21.C[n+]1[c-]n(-c2[c-]c3ccccc3c3ccccc23)c2ccccc21.[Ir].c1ccc(-c2ccn[n-]2)nc1. The van der Waals surface area contributed by atoms with Gasteiger partial charge in [0, 0.05) is 38.2 Å². The van der Waals surface area contributed by atoms with Gasteiger partial charge < -0.3 is 28.5 Å². The van der Waals surface area contributed by atoms with Crippen LogP contribution in [0.4, 0.5) is 0 Å². The molecule has 0 saturated heterocycles. The number of nitrogens with zero attached hydrogens (tertiary/aromatic N) is 7. The summed E-state index contributed by atoms with van der Waals surface area (Å²) in [6.07, 6.45) is 10.3. The Balaban J connectivity index is 0.000000122. The Labute approximate surface area is 360 Å². The zero-order valence-electron chi connectivity index (χ0n) is 32.8. The van der Waals surface area contributed by atoms with Gasteiger partial charge in [-0.15, -0.1) is 70.1 Å². The Morgan fingerprint density at radius 2 is 0.883 bits per heavy atom. The molecule has 0 aliphatic carbocycles. The van der Waals surface area contributed by atoms with Gasteiger partial charge in [-0.1, -0.05) is 149 Å². The molecule has 0 saturated carbocycles. The van der Waals surface area contributed by atoms with Crippen LogP contribution in [0.3, 0.4) is 0 Å². The van der Waals surface area contributed by atoms with E-state index in [0.29, 0.717) is 0 Å². The van der Waals surface area contributed by atoms with Crippen molar-refractivity contribution in [3.05, 3.63) is 207 Å². The topological polar surface area (TPSA) is 57.5 Å². The molecular formula is C52H36IrN7-3.